The van der Waals surface area contributed by atoms with E-state index < -0.39 is 5.91 Å². The average molecular weight is 266 g/mol. The zero-order chi connectivity index (χ0) is 13.8. The molecule has 0 aromatic carbocycles. The number of hydrogen-bond donors (Lipinski definition) is 2. The summed E-state index contributed by atoms with van der Waals surface area (Å²) in [5.41, 5.74) is 2.06. The molecule has 1 aliphatic rings. The van der Waals surface area contributed by atoms with Gasteiger partial charge in [-0.1, -0.05) is 0 Å². The molecule has 0 bridgehead atoms. The molecule has 1 aromatic rings. The third kappa shape index (κ3) is 3.56. The monoisotopic (exact) mass is 266 g/mol. The molecule has 2 rings (SSSR count). The number of nitrogens with one attached hydrogen (secondary N) is 1. The van der Waals surface area contributed by atoms with Gasteiger partial charge in [-0.15, -0.1) is 0 Å². The molecular weight excluding hydrogens is 244 g/mol. The van der Waals surface area contributed by atoms with Gasteiger partial charge in [0.15, 0.2) is 5.76 Å². The number of carbonyl (C=O) groups is 1. The van der Waals surface area contributed by atoms with Crippen molar-refractivity contribution in [2.24, 2.45) is 5.84 Å². The van der Waals surface area contributed by atoms with Gasteiger partial charge in [-0.2, -0.15) is 0 Å². The number of hydrogen-bond acceptors (Lipinski definition) is 5. The van der Waals surface area contributed by atoms with Crippen LogP contribution in [-0.4, -0.2) is 47.9 Å². The van der Waals surface area contributed by atoms with Gasteiger partial charge in [0, 0.05) is 32.2 Å². The van der Waals surface area contributed by atoms with Crippen LogP contribution in [0.5, 0.6) is 0 Å². The summed E-state index contributed by atoms with van der Waals surface area (Å²) in [5, 5.41) is 0. The number of nitrogens with two attached hydrogens (primary N) is 1. The first-order valence-electron chi connectivity index (χ1n) is 6.66. The molecule has 0 spiro atoms. The molecule has 6 heteroatoms. The van der Waals surface area contributed by atoms with Crippen molar-refractivity contribution in [1.82, 2.24) is 15.2 Å². The molecule has 1 amide bonds. The van der Waals surface area contributed by atoms with Crippen molar-refractivity contribution in [3.63, 3.8) is 0 Å². The highest BCUT2D eigenvalue weighted by Gasteiger charge is 2.20. The minimum absolute atomic E-state index is 0.262. The molecule has 0 saturated carbocycles. The Balaban J connectivity index is 1.85. The minimum atomic E-state index is -0.393. The first-order valence-corrected chi connectivity index (χ1v) is 6.66. The molecule has 0 unspecified atom stereocenters. The van der Waals surface area contributed by atoms with Crippen LogP contribution in [0, 0.1) is 0 Å². The van der Waals surface area contributed by atoms with Crippen LogP contribution in [0.2, 0.25) is 0 Å². The van der Waals surface area contributed by atoms with Gasteiger partial charge in [0.05, 0.1) is 6.54 Å². The van der Waals surface area contributed by atoms with Gasteiger partial charge in [0.2, 0.25) is 0 Å². The highest BCUT2D eigenvalue weighted by atomic mass is 16.4. The summed E-state index contributed by atoms with van der Waals surface area (Å²) >= 11 is 0. The van der Waals surface area contributed by atoms with Crippen LogP contribution in [-0.2, 0) is 6.54 Å². The molecule has 0 atom stereocenters. The zero-order valence-corrected chi connectivity index (χ0v) is 11.6. The Morgan fingerprint density at radius 2 is 2.05 bits per heavy atom. The van der Waals surface area contributed by atoms with Crippen molar-refractivity contribution in [2.75, 3.05) is 26.2 Å². The quantitative estimate of drug-likeness (QED) is 0.469. The van der Waals surface area contributed by atoms with Gasteiger partial charge in [-0.05, 0) is 26.0 Å². The molecule has 1 aromatic heterocycles. The maximum absolute atomic E-state index is 11.3. The summed E-state index contributed by atoms with van der Waals surface area (Å²) in [4.78, 5) is 16.1. The van der Waals surface area contributed by atoms with E-state index in [9.17, 15) is 4.79 Å². The standard InChI is InChI=1S/C13H22N4O2/c1-10(2)17-7-5-16(6-8-17)9-11-3-4-12(19-11)13(18)15-14/h3-4,10H,5-9,14H2,1-2H3,(H,15,18). The van der Waals surface area contributed by atoms with Crippen LogP contribution in [0.25, 0.3) is 0 Å². The largest absolute Gasteiger partial charge is 0.455 e. The Labute approximate surface area is 113 Å². The third-order valence-electron chi connectivity index (χ3n) is 3.53. The van der Waals surface area contributed by atoms with E-state index in [-0.39, 0.29) is 5.76 Å². The van der Waals surface area contributed by atoms with Crippen molar-refractivity contribution >= 4 is 5.91 Å². The van der Waals surface area contributed by atoms with Gasteiger partial charge in [-0.3, -0.25) is 20.0 Å². The fourth-order valence-electron chi connectivity index (χ4n) is 2.31. The molecule has 106 valence electrons. The zero-order valence-electron chi connectivity index (χ0n) is 11.6. The number of nitrogens with zero attached hydrogens (tertiary/aromatic N) is 2. The maximum Gasteiger partial charge on any atom is 0.300 e. The van der Waals surface area contributed by atoms with Gasteiger partial charge < -0.3 is 4.42 Å². The van der Waals surface area contributed by atoms with E-state index >= 15 is 0 Å². The fourth-order valence-corrected chi connectivity index (χ4v) is 2.31. The Kier molecular flexibility index (Phi) is 4.57. The molecule has 19 heavy (non-hydrogen) atoms. The first-order chi connectivity index (χ1) is 9.10. The van der Waals surface area contributed by atoms with Gasteiger partial charge >= 0.3 is 5.91 Å². The highest BCUT2D eigenvalue weighted by molar-refractivity contribution is 5.90. The number of piperazine rings is 1. The van der Waals surface area contributed by atoms with E-state index in [1.54, 1.807) is 6.07 Å². The van der Waals surface area contributed by atoms with Crippen molar-refractivity contribution in [3.05, 3.63) is 23.7 Å². The fraction of sp³-hybridized carbons (Fsp3) is 0.615. The van der Waals surface area contributed by atoms with Crippen LogP contribution in [0.4, 0.5) is 0 Å². The number of amides is 1. The van der Waals surface area contributed by atoms with Crippen molar-refractivity contribution < 1.29 is 9.21 Å². The number of carbonyl (C=O) groups excluding carboxylic acids is 1. The number of rotatable bonds is 4. The Morgan fingerprint density at radius 1 is 1.37 bits per heavy atom. The first kappa shape index (κ1) is 14.0. The molecule has 3 N–H and O–H groups in total. The summed E-state index contributed by atoms with van der Waals surface area (Å²) in [6.07, 6.45) is 0. The second kappa shape index (κ2) is 6.18. The Hall–Kier alpha value is -1.37. The minimum Gasteiger partial charge on any atom is -0.455 e. The molecule has 1 saturated heterocycles. The second-order valence-electron chi connectivity index (χ2n) is 5.15. The molecule has 2 heterocycles. The SMILES string of the molecule is CC(C)N1CCN(Cc2ccc(C(=O)NN)o2)CC1. The van der Waals surface area contributed by atoms with Gasteiger partial charge in [0.25, 0.3) is 0 Å². The van der Waals surface area contributed by atoms with E-state index in [4.69, 9.17) is 10.3 Å². The van der Waals surface area contributed by atoms with Crippen LogP contribution in [0.3, 0.4) is 0 Å². The van der Waals surface area contributed by atoms with E-state index in [0.29, 0.717) is 6.04 Å². The topological polar surface area (TPSA) is 74.7 Å². The lowest BCUT2D eigenvalue weighted by atomic mass is 10.2. The summed E-state index contributed by atoms with van der Waals surface area (Å²) in [6.45, 7) is 9.39. The van der Waals surface area contributed by atoms with Crippen molar-refractivity contribution in [3.8, 4) is 0 Å². The summed E-state index contributed by atoms with van der Waals surface area (Å²) < 4.78 is 5.47. The maximum atomic E-state index is 11.3. The number of hydrazine groups is 1. The number of furan rings is 1. The third-order valence-corrected chi connectivity index (χ3v) is 3.53. The lowest BCUT2D eigenvalue weighted by molar-refractivity contribution is 0.0901. The molecule has 1 fully saturated rings. The molecule has 0 radical (unpaired) electrons. The van der Waals surface area contributed by atoms with E-state index in [1.807, 2.05) is 6.07 Å². The molecular formula is C13H22N4O2. The summed E-state index contributed by atoms with van der Waals surface area (Å²) in [6, 6.07) is 4.09. The lowest BCUT2D eigenvalue weighted by Gasteiger charge is -2.36. The van der Waals surface area contributed by atoms with Gasteiger partial charge in [0.1, 0.15) is 5.76 Å². The van der Waals surface area contributed by atoms with Crippen molar-refractivity contribution in [2.45, 2.75) is 26.4 Å². The normalized spacial score (nSPS) is 17.9. The van der Waals surface area contributed by atoms with Crippen LogP contribution >= 0.6 is 0 Å². The van der Waals surface area contributed by atoms with Crippen LogP contribution in [0.15, 0.2) is 16.5 Å². The predicted octanol–water partition coefficient (Wildman–Crippen LogP) is 0.409. The van der Waals surface area contributed by atoms with E-state index in [2.05, 4.69) is 29.1 Å². The molecule has 0 aliphatic carbocycles. The lowest BCUT2D eigenvalue weighted by Crippen LogP contribution is -2.48. The van der Waals surface area contributed by atoms with E-state index in [0.717, 1.165) is 38.5 Å². The Morgan fingerprint density at radius 3 is 2.63 bits per heavy atom. The average Bonchev–Trinajstić information content (AvgIpc) is 2.87. The molecule has 6 nitrogen and oxygen atoms in total. The second-order valence-corrected chi connectivity index (χ2v) is 5.15. The summed E-state index contributed by atoms with van der Waals surface area (Å²) in [5.74, 6) is 5.74. The Bertz CT molecular complexity index is 422. The number of nitrogen functional groups attached to an aromatic ring is 1. The van der Waals surface area contributed by atoms with Gasteiger partial charge in [-0.25, -0.2) is 5.84 Å². The highest BCUT2D eigenvalue weighted by Crippen LogP contribution is 2.13. The predicted molar refractivity (Wildman–Crippen MR) is 72.3 cm³/mol. The van der Waals surface area contributed by atoms with Crippen molar-refractivity contribution in [1.29, 1.82) is 0 Å². The van der Waals surface area contributed by atoms with Crippen LogP contribution in [0.1, 0.15) is 30.2 Å². The molecule has 1 aliphatic heterocycles. The summed E-state index contributed by atoms with van der Waals surface area (Å²) in [7, 11) is 0. The smallest absolute Gasteiger partial charge is 0.300 e. The van der Waals surface area contributed by atoms with E-state index in [1.165, 1.54) is 0 Å². The van der Waals surface area contributed by atoms with Crippen LogP contribution < -0.4 is 11.3 Å².